The quantitative estimate of drug-likeness (QED) is 0.879. The average molecular weight is 293 g/mol. The minimum absolute atomic E-state index is 0.174. The maximum Gasteiger partial charge on any atom is 0.256 e. The van der Waals surface area contributed by atoms with E-state index in [0.29, 0.717) is 16.5 Å². The van der Waals surface area contributed by atoms with Crippen molar-refractivity contribution in [3.63, 3.8) is 0 Å². The van der Waals surface area contributed by atoms with Gasteiger partial charge in [0.1, 0.15) is 11.0 Å². The van der Waals surface area contributed by atoms with Crippen LogP contribution < -0.4 is 5.32 Å². The van der Waals surface area contributed by atoms with E-state index in [0.717, 1.165) is 12.1 Å². The Morgan fingerprint density at radius 3 is 2.85 bits per heavy atom. The van der Waals surface area contributed by atoms with Gasteiger partial charge < -0.3 is 5.32 Å². The summed E-state index contributed by atoms with van der Waals surface area (Å²) in [5, 5.41) is 7.34. The summed E-state index contributed by atoms with van der Waals surface area (Å²) in [5.41, 5.74) is 1.29. The third-order valence-corrected chi connectivity index (χ3v) is 3.07. The summed E-state index contributed by atoms with van der Waals surface area (Å²) in [6, 6.07) is 5.25. The molecule has 0 atom stereocenters. The summed E-state index contributed by atoms with van der Waals surface area (Å²) >= 11 is 5.93. The van der Waals surface area contributed by atoms with Crippen LogP contribution in [-0.4, -0.2) is 20.7 Å². The Bertz CT molecular complexity index is 621. The van der Waals surface area contributed by atoms with Gasteiger partial charge in [0.05, 0.1) is 6.20 Å². The largest absolute Gasteiger partial charge is 0.307 e. The lowest BCUT2D eigenvalue weighted by atomic mass is 10.2. The summed E-state index contributed by atoms with van der Waals surface area (Å²) in [4.78, 5) is 16.4. The van der Waals surface area contributed by atoms with Gasteiger partial charge in [-0.3, -0.25) is 4.79 Å². The first kappa shape index (κ1) is 14.5. The number of anilines is 1. The van der Waals surface area contributed by atoms with Crippen molar-refractivity contribution in [1.29, 1.82) is 0 Å². The third kappa shape index (κ3) is 3.17. The summed E-state index contributed by atoms with van der Waals surface area (Å²) in [6.07, 6.45) is 2.39. The van der Waals surface area contributed by atoms with E-state index in [1.54, 1.807) is 29.1 Å². The van der Waals surface area contributed by atoms with Crippen LogP contribution >= 0.6 is 11.6 Å². The number of rotatable bonds is 4. The molecule has 20 heavy (non-hydrogen) atoms. The van der Waals surface area contributed by atoms with E-state index < -0.39 is 0 Å². The van der Waals surface area contributed by atoms with Crippen LogP contribution in [0.2, 0.25) is 5.15 Å². The lowest BCUT2D eigenvalue weighted by Gasteiger charge is -2.12. The zero-order chi connectivity index (χ0) is 14.7. The van der Waals surface area contributed by atoms with Crippen molar-refractivity contribution < 1.29 is 4.79 Å². The Morgan fingerprint density at radius 1 is 1.45 bits per heavy atom. The van der Waals surface area contributed by atoms with Crippen molar-refractivity contribution in [1.82, 2.24) is 14.8 Å². The predicted molar refractivity (Wildman–Crippen MR) is 79.2 cm³/mol. The van der Waals surface area contributed by atoms with Crippen molar-refractivity contribution >= 4 is 23.3 Å². The fourth-order valence-electron chi connectivity index (χ4n) is 1.88. The number of amides is 1. The summed E-state index contributed by atoms with van der Waals surface area (Å²) in [7, 11) is 0. The molecule has 0 aliphatic carbocycles. The van der Waals surface area contributed by atoms with Crippen LogP contribution in [0.1, 0.15) is 42.9 Å². The normalized spacial score (nSPS) is 10.8. The van der Waals surface area contributed by atoms with E-state index >= 15 is 0 Å². The topological polar surface area (TPSA) is 59.8 Å². The van der Waals surface area contributed by atoms with Crippen molar-refractivity contribution in [2.24, 2.45) is 0 Å². The van der Waals surface area contributed by atoms with E-state index in [9.17, 15) is 4.79 Å². The van der Waals surface area contributed by atoms with Gasteiger partial charge in [-0.05, 0) is 32.4 Å². The van der Waals surface area contributed by atoms with E-state index in [4.69, 9.17) is 11.6 Å². The first-order chi connectivity index (χ1) is 9.51. The number of hydrogen-bond acceptors (Lipinski definition) is 3. The molecule has 0 aliphatic rings. The van der Waals surface area contributed by atoms with Crippen LogP contribution in [0.15, 0.2) is 24.4 Å². The molecule has 0 saturated carbocycles. The van der Waals surface area contributed by atoms with Crippen LogP contribution in [-0.2, 0) is 6.42 Å². The van der Waals surface area contributed by atoms with Crippen LogP contribution in [0, 0.1) is 0 Å². The second-order valence-electron chi connectivity index (χ2n) is 4.73. The molecule has 0 saturated heterocycles. The molecular formula is C14H17ClN4O. The van der Waals surface area contributed by atoms with Gasteiger partial charge in [-0.25, -0.2) is 9.67 Å². The number of aromatic nitrogens is 3. The maximum absolute atomic E-state index is 12.3. The number of hydrogen-bond donors (Lipinski definition) is 1. The molecule has 2 rings (SSSR count). The van der Waals surface area contributed by atoms with Gasteiger partial charge in [0.25, 0.3) is 5.91 Å². The molecule has 1 amide bonds. The molecule has 2 aromatic heterocycles. The highest BCUT2D eigenvalue weighted by Crippen LogP contribution is 2.16. The van der Waals surface area contributed by atoms with E-state index in [1.165, 1.54) is 0 Å². The molecule has 0 bridgehead atoms. The number of carbonyl (C=O) groups is 1. The zero-order valence-electron chi connectivity index (χ0n) is 11.7. The third-order valence-electron chi connectivity index (χ3n) is 2.87. The fourth-order valence-corrected chi connectivity index (χ4v) is 2.10. The lowest BCUT2D eigenvalue weighted by Crippen LogP contribution is -2.17. The zero-order valence-corrected chi connectivity index (χ0v) is 12.5. The molecule has 106 valence electrons. The highest BCUT2D eigenvalue weighted by molar-refractivity contribution is 6.29. The van der Waals surface area contributed by atoms with Gasteiger partial charge in [-0.2, -0.15) is 5.10 Å². The Balaban J connectivity index is 2.24. The van der Waals surface area contributed by atoms with Crippen LogP contribution in [0.5, 0.6) is 0 Å². The van der Waals surface area contributed by atoms with Crippen LogP contribution in [0.3, 0.4) is 0 Å². The van der Waals surface area contributed by atoms with E-state index in [-0.39, 0.29) is 11.9 Å². The standard InChI is InChI=1S/C14H17ClN4O/c1-4-11-7-10(8-12(15)17-11)14(20)18-13-5-6-16-19(13)9(2)3/h5-9H,4H2,1-3H3,(H,18,20). The van der Waals surface area contributed by atoms with Gasteiger partial charge in [0, 0.05) is 23.4 Å². The van der Waals surface area contributed by atoms with E-state index in [1.807, 2.05) is 20.8 Å². The SMILES string of the molecule is CCc1cc(C(=O)Nc2ccnn2C(C)C)cc(Cl)n1. The summed E-state index contributed by atoms with van der Waals surface area (Å²) in [5.74, 6) is 0.447. The molecule has 0 unspecified atom stereocenters. The molecule has 1 N–H and O–H groups in total. The highest BCUT2D eigenvalue weighted by atomic mass is 35.5. The maximum atomic E-state index is 12.3. The number of nitrogens with one attached hydrogen (secondary N) is 1. The number of carbonyl (C=O) groups excluding carboxylic acids is 1. The average Bonchev–Trinajstić information content (AvgIpc) is 2.86. The second-order valence-corrected chi connectivity index (χ2v) is 5.12. The van der Waals surface area contributed by atoms with E-state index in [2.05, 4.69) is 15.4 Å². The summed E-state index contributed by atoms with van der Waals surface area (Å²) in [6.45, 7) is 5.97. The number of aryl methyl sites for hydroxylation is 1. The van der Waals surface area contributed by atoms with Gasteiger partial charge in [-0.1, -0.05) is 18.5 Å². The minimum atomic E-state index is -0.216. The van der Waals surface area contributed by atoms with Crippen LogP contribution in [0.25, 0.3) is 0 Å². The molecule has 6 heteroatoms. The number of pyridine rings is 1. The highest BCUT2D eigenvalue weighted by Gasteiger charge is 2.12. The monoisotopic (exact) mass is 292 g/mol. The predicted octanol–water partition coefficient (Wildman–Crippen LogP) is 3.33. The molecule has 5 nitrogen and oxygen atoms in total. The number of nitrogens with zero attached hydrogens (tertiary/aromatic N) is 3. The molecule has 2 heterocycles. The van der Waals surface area contributed by atoms with Gasteiger partial charge in [-0.15, -0.1) is 0 Å². The summed E-state index contributed by atoms with van der Waals surface area (Å²) < 4.78 is 1.75. The molecule has 0 radical (unpaired) electrons. The van der Waals surface area contributed by atoms with Gasteiger partial charge >= 0.3 is 0 Å². The number of halogens is 1. The van der Waals surface area contributed by atoms with Crippen molar-refractivity contribution in [2.45, 2.75) is 33.2 Å². The Labute approximate surface area is 123 Å². The second kappa shape index (κ2) is 6.05. The first-order valence-electron chi connectivity index (χ1n) is 6.52. The molecule has 0 spiro atoms. The Kier molecular flexibility index (Phi) is 4.39. The van der Waals surface area contributed by atoms with Crippen LogP contribution in [0.4, 0.5) is 5.82 Å². The Hall–Kier alpha value is -1.88. The first-order valence-corrected chi connectivity index (χ1v) is 6.90. The van der Waals surface area contributed by atoms with Gasteiger partial charge in [0.2, 0.25) is 0 Å². The lowest BCUT2D eigenvalue weighted by molar-refractivity contribution is 0.102. The van der Waals surface area contributed by atoms with Gasteiger partial charge in [0.15, 0.2) is 0 Å². The molecule has 0 aromatic carbocycles. The van der Waals surface area contributed by atoms with Crippen molar-refractivity contribution in [3.8, 4) is 0 Å². The fraction of sp³-hybridized carbons (Fsp3) is 0.357. The smallest absolute Gasteiger partial charge is 0.256 e. The molecule has 0 fully saturated rings. The molecule has 0 aliphatic heterocycles. The molecular weight excluding hydrogens is 276 g/mol. The Morgan fingerprint density at radius 2 is 2.20 bits per heavy atom. The van der Waals surface area contributed by atoms with Crippen molar-refractivity contribution in [3.05, 3.63) is 40.8 Å². The minimum Gasteiger partial charge on any atom is -0.307 e. The molecule has 2 aromatic rings. The van der Waals surface area contributed by atoms with Crippen molar-refractivity contribution in [2.75, 3.05) is 5.32 Å².